The minimum Gasteiger partial charge on any atom is -0.395 e. The molecule has 1 aromatic carbocycles. The Kier molecular flexibility index (Phi) is 4.73. The fraction of sp³-hybridized carbons (Fsp3) is 0.444. The van der Waals surface area contributed by atoms with Crippen molar-refractivity contribution < 1.29 is 23.0 Å². The van der Waals surface area contributed by atoms with Crippen LogP contribution in [0.25, 0.3) is 0 Å². The van der Waals surface area contributed by atoms with Crippen LogP contribution in [0, 0.1) is 6.92 Å². The molecule has 0 unspecified atom stereocenters. The molecule has 1 saturated heterocycles. The second kappa shape index (κ2) is 7.05. The van der Waals surface area contributed by atoms with Gasteiger partial charge in [0.1, 0.15) is 0 Å². The number of hydrogen-bond acceptors (Lipinski definition) is 6. The molecule has 0 bridgehead atoms. The topological polar surface area (TPSA) is 54.9 Å². The van der Waals surface area contributed by atoms with E-state index < -0.39 is 6.29 Å². The molecule has 0 aliphatic carbocycles. The van der Waals surface area contributed by atoms with E-state index in [1.807, 2.05) is 12.3 Å². The van der Waals surface area contributed by atoms with E-state index in [9.17, 15) is 13.6 Å². The molecule has 2 aliphatic rings. The number of nitrogens with zero attached hydrogens (tertiary/aromatic N) is 3. The maximum absolute atomic E-state index is 13.4. The highest BCUT2D eigenvalue weighted by Crippen LogP contribution is 2.43. The standard InChI is InChI=1S/C18H19F2N3O3S/c1-12-21-13(11-27-12)10-22-6-3-7-23(9-8-22)17(24)14-4-2-5-15-16(14)26-18(19,20)25-15/h2,4-5,11H,3,6-10H2,1H3. The second-order valence-corrected chi connectivity index (χ2v) is 7.64. The summed E-state index contributed by atoms with van der Waals surface area (Å²) in [6.07, 6.45) is -2.93. The molecule has 0 atom stereocenters. The summed E-state index contributed by atoms with van der Waals surface area (Å²) in [5.41, 5.74) is 1.14. The lowest BCUT2D eigenvalue weighted by molar-refractivity contribution is -0.286. The van der Waals surface area contributed by atoms with E-state index >= 15 is 0 Å². The van der Waals surface area contributed by atoms with Gasteiger partial charge in [0, 0.05) is 38.1 Å². The van der Waals surface area contributed by atoms with Gasteiger partial charge in [-0.25, -0.2) is 4.98 Å². The molecule has 1 fully saturated rings. The number of hydrogen-bond donors (Lipinski definition) is 0. The van der Waals surface area contributed by atoms with E-state index in [1.54, 1.807) is 16.2 Å². The van der Waals surface area contributed by atoms with Gasteiger partial charge in [0.25, 0.3) is 5.91 Å². The lowest BCUT2D eigenvalue weighted by atomic mass is 10.1. The van der Waals surface area contributed by atoms with Crippen molar-refractivity contribution in [3.8, 4) is 11.5 Å². The van der Waals surface area contributed by atoms with E-state index in [0.29, 0.717) is 19.6 Å². The highest BCUT2D eigenvalue weighted by molar-refractivity contribution is 7.09. The first kappa shape index (κ1) is 18.1. The normalized spacial score (nSPS) is 19.1. The van der Waals surface area contributed by atoms with Crippen molar-refractivity contribution in [1.82, 2.24) is 14.8 Å². The second-order valence-electron chi connectivity index (χ2n) is 6.58. The molecule has 6 nitrogen and oxygen atoms in total. The van der Waals surface area contributed by atoms with E-state index in [4.69, 9.17) is 0 Å². The van der Waals surface area contributed by atoms with Crippen molar-refractivity contribution in [2.45, 2.75) is 26.2 Å². The van der Waals surface area contributed by atoms with Crippen LogP contribution in [0.15, 0.2) is 23.6 Å². The fourth-order valence-electron chi connectivity index (χ4n) is 3.35. The van der Waals surface area contributed by atoms with E-state index in [-0.39, 0.29) is 23.0 Å². The first-order valence-corrected chi connectivity index (χ1v) is 9.61. The van der Waals surface area contributed by atoms with Crippen LogP contribution in [-0.2, 0) is 6.54 Å². The summed E-state index contributed by atoms with van der Waals surface area (Å²) in [5.74, 6) is -0.618. The number of halogens is 2. The number of alkyl halides is 2. The largest absolute Gasteiger partial charge is 0.586 e. The predicted molar refractivity (Wildman–Crippen MR) is 95.3 cm³/mol. The van der Waals surface area contributed by atoms with Gasteiger partial charge in [0.2, 0.25) is 0 Å². The number of ether oxygens (including phenoxy) is 2. The van der Waals surface area contributed by atoms with Crippen LogP contribution in [0.2, 0.25) is 0 Å². The van der Waals surface area contributed by atoms with Crippen LogP contribution in [-0.4, -0.2) is 53.2 Å². The molecule has 0 N–H and O–H groups in total. The van der Waals surface area contributed by atoms with Gasteiger partial charge in [-0.1, -0.05) is 6.07 Å². The fourth-order valence-corrected chi connectivity index (χ4v) is 3.95. The molecule has 4 rings (SSSR count). The molecule has 1 aromatic heterocycles. The van der Waals surface area contributed by atoms with E-state index in [2.05, 4.69) is 19.4 Å². The predicted octanol–water partition coefficient (Wildman–Crippen LogP) is 3.12. The van der Waals surface area contributed by atoms with Crippen LogP contribution >= 0.6 is 11.3 Å². The van der Waals surface area contributed by atoms with Crippen molar-refractivity contribution in [1.29, 1.82) is 0 Å². The van der Waals surface area contributed by atoms with Crippen molar-refractivity contribution in [2.24, 2.45) is 0 Å². The Bertz CT molecular complexity index is 858. The molecular weight excluding hydrogens is 376 g/mol. The Labute approximate surface area is 159 Å². The molecule has 0 saturated carbocycles. The molecule has 2 aromatic rings. The van der Waals surface area contributed by atoms with Gasteiger partial charge in [-0.3, -0.25) is 9.69 Å². The molecule has 144 valence electrons. The molecule has 3 heterocycles. The number of thiazole rings is 1. The Morgan fingerprint density at radius 1 is 1.26 bits per heavy atom. The third kappa shape index (κ3) is 3.89. The maximum atomic E-state index is 13.4. The van der Waals surface area contributed by atoms with Gasteiger partial charge in [-0.2, -0.15) is 0 Å². The van der Waals surface area contributed by atoms with Crippen molar-refractivity contribution in [3.63, 3.8) is 0 Å². The first-order valence-electron chi connectivity index (χ1n) is 8.73. The monoisotopic (exact) mass is 395 g/mol. The number of para-hydroxylation sites is 1. The summed E-state index contributed by atoms with van der Waals surface area (Å²) in [6, 6.07) is 4.38. The third-order valence-corrected chi connectivity index (χ3v) is 5.41. The average Bonchev–Trinajstić information content (AvgIpc) is 3.07. The Hall–Kier alpha value is -2.26. The molecule has 1 amide bonds. The first-order chi connectivity index (χ1) is 12.9. The molecular formula is C18H19F2N3O3S. The highest BCUT2D eigenvalue weighted by atomic mass is 32.1. The van der Waals surface area contributed by atoms with Gasteiger partial charge >= 0.3 is 6.29 Å². The van der Waals surface area contributed by atoms with Gasteiger partial charge in [-0.15, -0.1) is 20.1 Å². The van der Waals surface area contributed by atoms with E-state index in [0.717, 1.165) is 30.2 Å². The summed E-state index contributed by atoms with van der Waals surface area (Å²) in [7, 11) is 0. The van der Waals surface area contributed by atoms with Crippen molar-refractivity contribution in [2.75, 3.05) is 26.2 Å². The summed E-state index contributed by atoms with van der Waals surface area (Å²) >= 11 is 1.62. The lowest BCUT2D eigenvalue weighted by Gasteiger charge is -2.22. The van der Waals surface area contributed by atoms with Crippen LogP contribution in [0.4, 0.5) is 8.78 Å². The number of benzene rings is 1. The maximum Gasteiger partial charge on any atom is 0.586 e. The summed E-state index contributed by atoms with van der Waals surface area (Å²) in [5, 5.41) is 3.09. The van der Waals surface area contributed by atoms with Crippen LogP contribution < -0.4 is 9.47 Å². The van der Waals surface area contributed by atoms with Crippen LogP contribution in [0.3, 0.4) is 0 Å². The number of carbonyl (C=O) groups excluding carboxylic acids is 1. The molecule has 9 heteroatoms. The van der Waals surface area contributed by atoms with Gasteiger partial charge in [-0.05, 0) is 25.5 Å². The minimum atomic E-state index is -3.74. The van der Waals surface area contributed by atoms with Crippen LogP contribution in [0.5, 0.6) is 11.5 Å². The average molecular weight is 395 g/mol. The number of fused-ring (bicyclic) bond motifs is 1. The quantitative estimate of drug-likeness (QED) is 0.799. The molecule has 27 heavy (non-hydrogen) atoms. The summed E-state index contributed by atoms with van der Waals surface area (Å²) in [4.78, 5) is 21.3. The van der Waals surface area contributed by atoms with Crippen molar-refractivity contribution in [3.05, 3.63) is 39.8 Å². The lowest BCUT2D eigenvalue weighted by Crippen LogP contribution is -2.35. The zero-order valence-electron chi connectivity index (χ0n) is 14.8. The third-order valence-electron chi connectivity index (χ3n) is 4.59. The Balaban J connectivity index is 1.44. The SMILES string of the molecule is Cc1nc(CN2CCCN(C(=O)c3cccc4c3OC(F)(F)O4)CC2)cs1. The van der Waals surface area contributed by atoms with Crippen molar-refractivity contribution >= 4 is 17.2 Å². The number of aryl methyl sites for hydroxylation is 1. The zero-order valence-corrected chi connectivity index (χ0v) is 15.6. The van der Waals surface area contributed by atoms with Gasteiger partial charge < -0.3 is 14.4 Å². The van der Waals surface area contributed by atoms with Gasteiger partial charge in [0.15, 0.2) is 11.5 Å². The zero-order chi connectivity index (χ0) is 19.0. The minimum absolute atomic E-state index is 0.105. The molecule has 0 radical (unpaired) electrons. The van der Waals surface area contributed by atoms with E-state index in [1.165, 1.54) is 18.2 Å². The number of amides is 1. The number of rotatable bonds is 3. The van der Waals surface area contributed by atoms with Crippen LogP contribution in [0.1, 0.15) is 27.5 Å². The number of aromatic nitrogens is 1. The Morgan fingerprint density at radius 3 is 2.89 bits per heavy atom. The highest BCUT2D eigenvalue weighted by Gasteiger charge is 2.45. The Morgan fingerprint density at radius 2 is 2.11 bits per heavy atom. The molecule has 0 spiro atoms. The summed E-state index contributed by atoms with van der Waals surface area (Å²) < 4.78 is 35.7. The summed E-state index contributed by atoms with van der Waals surface area (Å²) in [6.45, 7) is 5.35. The smallest absolute Gasteiger partial charge is 0.395 e. The van der Waals surface area contributed by atoms with Gasteiger partial charge in [0.05, 0.1) is 16.3 Å². The molecule has 2 aliphatic heterocycles. The number of carbonyl (C=O) groups is 1.